The maximum absolute atomic E-state index is 13.2. The third kappa shape index (κ3) is 4.53. The van der Waals surface area contributed by atoms with Gasteiger partial charge in [-0.3, -0.25) is 9.59 Å². The van der Waals surface area contributed by atoms with Crippen molar-refractivity contribution >= 4 is 17.8 Å². The number of carbonyl (C=O) groups is 3. The number of nitrogens with zero attached hydrogens (tertiary/aromatic N) is 1. The molecule has 1 aromatic carbocycles. The van der Waals surface area contributed by atoms with Gasteiger partial charge in [0.15, 0.2) is 11.5 Å². The van der Waals surface area contributed by atoms with Gasteiger partial charge < -0.3 is 30.3 Å². The van der Waals surface area contributed by atoms with Crippen LogP contribution in [-0.2, 0) is 25.5 Å². The Balaban J connectivity index is 1.33. The lowest BCUT2D eigenvalue weighted by atomic mass is 9.70. The van der Waals surface area contributed by atoms with Crippen LogP contribution in [0.2, 0.25) is 0 Å². The number of amides is 2. The van der Waals surface area contributed by atoms with E-state index in [4.69, 9.17) is 4.74 Å². The Morgan fingerprint density at radius 2 is 1.89 bits per heavy atom. The topological polar surface area (TPSA) is 136 Å². The summed E-state index contributed by atoms with van der Waals surface area (Å²) >= 11 is 0. The van der Waals surface area contributed by atoms with Crippen LogP contribution < -0.4 is 5.32 Å². The van der Waals surface area contributed by atoms with Crippen molar-refractivity contribution in [3.63, 3.8) is 0 Å². The van der Waals surface area contributed by atoms with Crippen molar-refractivity contribution in [1.82, 2.24) is 10.2 Å². The maximum Gasteiger partial charge on any atom is 0.329 e. The minimum atomic E-state index is -1.45. The number of aromatic hydroxyl groups is 2. The first-order valence-electron chi connectivity index (χ1n) is 12.9. The number of aliphatic hydroxyl groups excluding tert-OH is 1. The molecule has 1 heterocycles. The monoisotopic (exact) mass is 502 g/mol. The number of esters is 1. The van der Waals surface area contributed by atoms with Gasteiger partial charge in [0, 0.05) is 18.4 Å². The van der Waals surface area contributed by atoms with E-state index in [0.29, 0.717) is 30.9 Å². The van der Waals surface area contributed by atoms with Gasteiger partial charge in [0.2, 0.25) is 11.8 Å². The number of ether oxygens (including phenoxy) is 1. The highest BCUT2D eigenvalue weighted by molar-refractivity contribution is 5.92. The van der Waals surface area contributed by atoms with Crippen LogP contribution in [0.15, 0.2) is 18.2 Å². The summed E-state index contributed by atoms with van der Waals surface area (Å²) < 4.78 is 6.03. The molecule has 3 fully saturated rings. The maximum atomic E-state index is 13.2. The molecule has 9 nitrogen and oxygen atoms in total. The molecule has 2 amide bonds. The van der Waals surface area contributed by atoms with Crippen LogP contribution in [0.1, 0.15) is 65.4 Å². The van der Waals surface area contributed by atoms with Crippen molar-refractivity contribution in [2.75, 3.05) is 6.54 Å². The fourth-order valence-electron chi connectivity index (χ4n) is 6.43. The van der Waals surface area contributed by atoms with Gasteiger partial charge >= 0.3 is 5.97 Å². The number of hydrogen-bond donors (Lipinski definition) is 4. The van der Waals surface area contributed by atoms with Gasteiger partial charge in [0.25, 0.3) is 0 Å². The number of phenols is 2. The summed E-state index contributed by atoms with van der Waals surface area (Å²) in [5.74, 6) is -1.61. The van der Waals surface area contributed by atoms with E-state index in [0.717, 1.165) is 19.3 Å². The highest BCUT2D eigenvalue weighted by atomic mass is 16.5. The molecule has 0 aromatic heterocycles. The fraction of sp³-hybridized carbons (Fsp3) is 0.667. The Labute approximate surface area is 211 Å². The Morgan fingerprint density at radius 3 is 2.50 bits per heavy atom. The zero-order valence-electron chi connectivity index (χ0n) is 21.5. The summed E-state index contributed by atoms with van der Waals surface area (Å²) in [6.45, 7) is 8.65. The molecule has 1 aromatic rings. The summed E-state index contributed by atoms with van der Waals surface area (Å²) in [7, 11) is 0. The largest absolute Gasteiger partial charge is 0.504 e. The minimum Gasteiger partial charge on any atom is -0.504 e. The molecule has 4 N–H and O–H groups in total. The van der Waals surface area contributed by atoms with Crippen LogP contribution in [0, 0.1) is 16.7 Å². The lowest BCUT2D eigenvalue weighted by Gasteiger charge is -2.39. The summed E-state index contributed by atoms with van der Waals surface area (Å²) in [4.78, 5) is 40.3. The van der Waals surface area contributed by atoms with Crippen LogP contribution in [-0.4, -0.2) is 68.8 Å². The van der Waals surface area contributed by atoms with Gasteiger partial charge in [-0.2, -0.15) is 0 Å². The number of benzene rings is 1. The molecular weight excluding hydrogens is 464 g/mol. The number of carbonyl (C=O) groups excluding carboxylic acids is 3. The molecule has 1 saturated heterocycles. The lowest BCUT2D eigenvalue weighted by molar-refractivity contribution is -0.165. The number of hydrogen-bond acceptors (Lipinski definition) is 7. The predicted octanol–water partition coefficient (Wildman–Crippen LogP) is 2.25. The molecule has 2 aliphatic carbocycles. The molecule has 0 radical (unpaired) electrons. The van der Waals surface area contributed by atoms with Crippen molar-refractivity contribution in [3.8, 4) is 11.5 Å². The SMILES string of the molecule is CC(NC(=O)C(O)Cc1ccc(O)c(O)c1)C(=O)N1CCCC1C(=O)OC1CC2CC[C@@]1(C)C2(C)C. The summed E-state index contributed by atoms with van der Waals surface area (Å²) in [6, 6.07) is 2.41. The molecule has 5 unspecified atom stereocenters. The second-order valence-corrected chi connectivity index (χ2v) is 11.5. The van der Waals surface area contributed by atoms with Crippen molar-refractivity contribution < 1.29 is 34.4 Å². The van der Waals surface area contributed by atoms with Crippen molar-refractivity contribution in [3.05, 3.63) is 23.8 Å². The summed E-state index contributed by atoms with van der Waals surface area (Å²) in [5, 5.41) is 31.8. The Morgan fingerprint density at radius 1 is 1.17 bits per heavy atom. The molecular formula is C27H38N2O7. The average Bonchev–Trinajstić information content (AvgIpc) is 3.44. The zero-order chi connectivity index (χ0) is 26.4. The second kappa shape index (κ2) is 9.57. The first-order chi connectivity index (χ1) is 16.8. The molecule has 1 aliphatic heterocycles. The molecule has 6 atom stereocenters. The molecule has 4 rings (SSSR count). The van der Waals surface area contributed by atoms with Crippen molar-refractivity contribution in [2.24, 2.45) is 16.7 Å². The second-order valence-electron chi connectivity index (χ2n) is 11.5. The quantitative estimate of drug-likeness (QED) is 0.332. The van der Waals surface area contributed by atoms with E-state index < -0.39 is 30.0 Å². The normalized spacial score (nSPS) is 30.1. The molecule has 3 aliphatic rings. The van der Waals surface area contributed by atoms with Crippen molar-refractivity contribution in [2.45, 2.75) is 90.5 Å². The highest BCUT2D eigenvalue weighted by Crippen LogP contribution is 2.66. The molecule has 2 saturated carbocycles. The van der Waals surface area contributed by atoms with Gasteiger partial charge in [-0.15, -0.1) is 0 Å². The third-order valence-electron chi connectivity index (χ3n) is 9.28. The number of fused-ring (bicyclic) bond motifs is 2. The zero-order valence-corrected chi connectivity index (χ0v) is 21.5. The van der Waals surface area contributed by atoms with Crippen LogP contribution in [0.3, 0.4) is 0 Å². The fourth-order valence-corrected chi connectivity index (χ4v) is 6.43. The van der Waals surface area contributed by atoms with E-state index >= 15 is 0 Å². The molecule has 36 heavy (non-hydrogen) atoms. The van der Waals surface area contributed by atoms with Crippen molar-refractivity contribution in [1.29, 1.82) is 0 Å². The molecule has 9 heteroatoms. The lowest BCUT2D eigenvalue weighted by Crippen LogP contribution is -2.53. The number of phenolic OH excluding ortho intramolecular Hbond substituents is 2. The Hall–Kier alpha value is -2.81. The molecule has 2 bridgehead atoms. The first-order valence-corrected chi connectivity index (χ1v) is 12.9. The highest BCUT2D eigenvalue weighted by Gasteiger charge is 2.63. The van der Waals surface area contributed by atoms with E-state index in [9.17, 15) is 29.7 Å². The van der Waals surface area contributed by atoms with E-state index in [1.165, 1.54) is 30.0 Å². The van der Waals surface area contributed by atoms with E-state index in [1.807, 2.05) is 0 Å². The average molecular weight is 503 g/mol. The summed E-state index contributed by atoms with van der Waals surface area (Å²) in [6.07, 6.45) is 2.54. The third-order valence-corrected chi connectivity index (χ3v) is 9.28. The standard InChI is InChI=1S/C27H38N2O7/c1-15(28-23(33)21(32)13-16-7-8-19(30)20(31)12-16)24(34)29-11-5-6-18(29)25(35)36-22-14-17-9-10-27(22,4)26(17,2)3/h7-8,12,15,17-18,21-22,30-32H,5-6,9-11,13-14H2,1-4H3,(H,28,33)/t15?,17?,18?,21?,22?,27-/m1/s1. The summed E-state index contributed by atoms with van der Waals surface area (Å²) in [5.41, 5.74) is 0.500. The first kappa shape index (κ1) is 26.3. The smallest absolute Gasteiger partial charge is 0.329 e. The number of rotatable bonds is 7. The minimum absolute atomic E-state index is 0.0630. The van der Waals surface area contributed by atoms with Gasteiger partial charge in [0.1, 0.15) is 24.3 Å². The van der Waals surface area contributed by atoms with E-state index in [2.05, 4.69) is 26.1 Å². The molecule has 0 spiro atoms. The predicted molar refractivity (Wildman–Crippen MR) is 131 cm³/mol. The molecule has 198 valence electrons. The van der Waals surface area contributed by atoms with Crippen LogP contribution in [0.4, 0.5) is 0 Å². The number of likely N-dealkylation sites (tertiary alicyclic amines) is 1. The van der Waals surface area contributed by atoms with Gasteiger partial charge in [-0.25, -0.2) is 4.79 Å². The van der Waals surface area contributed by atoms with E-state index in [-0.39, 0.29) is 40.8 Å². The van der Waals surface area contributed by atoms with Gasteiger partial charge in [0.05, 0.1) is 0 Å². The Kier molecular flexibility index (Phi) is 6.98. The van der Waals surface area contributed by atoms with Gasteiger partial charge in [-0.1, -0.05) is 26.8 Å². The van der Waals surface area contributed by atoms with Gasteiger partial charge in [-0.05, 0) is 68.1 Å². The van der Waals surface area contributed by atoms with Crippen LogP contribution in [0.25, 0.3) is 0 Å². The van der Waals surface area contributed by atoms with Crippen LogP contribution in [0.5, 0.6) is 11.5 Å². The number of aliphatic hydroxyl groups is 1. The van der Waals surface area contributed by atoms with Crippen LogP contribution >= 0.6 is 0 Å². The number of nitrogens with one attached hydrogen (secondary N) is 1. The Bertz CT molecular complexity index is 1040. The van der Waals surface area contributed by atoms with E-state index in [1.54, 1.807) is 0 Å².